The molecule has 4 amide bonds. The van der Waals surface area contributed by atoms with Crippen molar-refractivity contribution in [2.24, 2.45) is 0 Å². The molecule has 148 valence electrons. The number of ether oxygens (including phenoxy) is 2. The lowest BCUT2D eigenvalue weighted by atomic mass is 10.1. The van der Waals surface area contributed by atoms with E-state index in [4.69, 9.17) is 9.47 Å². The smallest absolute Gasteiger partial charge is 0.333 e. The average molecular weight is 381 g/mol. The van der Waals surface area contributed by atoms with Gasteiger partial charge in [0.05, 0.1) is 13.2 Å². The number of esters is 2. The summed E-state index contributed by atoms with van der Waals surface area (Å²) in [6.45, 7) is 3.26. The van der Waals surface area contributed by atoms with Crippen LogP contribution < -0.4 is 0 Å². The molecule has 10 nitrogen and oxygen atoms in total. The van der Waals surface area contributed by atoms with Crippen molar-refractivity contribution in [1.29, 1.82) is 0 Å². The molecule has 1 saturated heterocycles. The van der Waals surface area contributed by atoms with Gasteiger partial charge in [0.15, 0.2) is 0 Å². The van der Waals surface area contributed by atoms with Crippen molar-refractivity contribution in [3.8, 4) is 0 Å². The minimum atomic E-state index is -0.741. The fourth-order valence-corrected chi connectivity index (χ4v) is 2.16. The molecular formula is C17H23N3O7. The van der Waals surface area contributed by atoms with E-state index in [-0.39, 0.29) is 31.9 Å². The number of hydrogen-bond donors (Lipinski definition) is 0. The van der Waals surface area contributed by atoms with Gasteiger partial charge in [-0.1, -0.05) is 0 Å². The molecule has 1 fully saturated rings. The van der Waals surface area contributed by atoms with Gasteiger partial charge in [-0.15, -0.1) is 0 Å². The average Bonchev–Trinajstić information content (AvgIpc) is 2.61. The van der Waals surface area contributed by atoms with Crippen molar-refractivity contribution >= 4 is 29.8 Å². The minimum Gasteiger partial charge on any atom is -0.465 e. The predicted molar refractivity (Wildman–Crippen MR) is 93.0 cm³/mol. The summed E-state index contributed by atoms with van der Waals surface area (Å²) < 4.78 is 9.69. The van der Waals surface area contributed by atoms with Crippen molar-refractivity contribution in [3.05, 3.63) is 23.9 Å². The van der Waals surface area contributed by atoms with Crippen LogP contribution in [0.3, 0.4) is 0 Å². The zero-order valence-electron chi connectivity index (χ0n) is 15.8. The number of carbonyl (C=O) groups is 5. The summed E-state index contributed by atoms with van der Waals surface area (Å²) in [5.41, 5.74) is -0.219. The van der Waals surface area contributed by atoms with Gasteiger partial charge in [-0.2, -0.15) is 0 Å². The highest BCUT2D eigenvalue weighted by molar-refractivity contribution is 6.28. The molecule has 0 atom stereocenters. The van der Waals surface area contributed by atoms with E-state index in [0.29, 0.717) is 0 Å². The molecule has 0 spiro atoms. The van der Waals surface area contributed by atoms with E-state index in [9.17, 15) is 24.0 Å². The predicted octanol–water partition coefficient (Wildman–Crippen LogP) is -0.0949. The lowest BCUT2D eigenvalue weighted by Crippen LogP contribution is -2.53. The Bertz CT molecular complexity index is 638. The van der Waals surface area contributed by atoms with Crippen LogP contribution in [0, 0.1) is 0 Å². The quantitative estimate of drug-likeness (QED) is 0.325. The van der Waals surface area contributed by atoms with Gasteiger partial charge in [0.25, 0.3) is 11.8 Å². The Morgan fingerprint density at radius 3 is 1.78 bits per heavy atom. The summed E-state index contributed by atoms with van der Waals surface area (Å²) in [6, 6.07) is -0.725. The number of allylic oxidation sites excluding steroid dienone is 2. The summed E-state index contributed by atoms with van der Waals surface area (Å²) in [7, 11) is 2.53. The molecule has 0 aromatic carbocycles. The number of likely N-dealkylation sites (N-methyl/N-ethyl adjacent to an activating group) is 2. The lowest BCUT2D eigenvalue weighted by molar-refractivity contribution is -0.147. The number of rotatable bonds is 8. The highest BCUT2D eigenvalue weighted by Gasteiger charge is 2.37. The fraction of sp³-hybridized carbons (Fsp3) is 0.471. The third kappa shape index (κ3) is 5.94. The third-order valence-electron chi connectivity index (χ3n) is 3.48. The molecule has 0 aromatic rings. The van der Waals surface area contributed by atoms with E-state index in [0.717, 1.165) is 9.80 Å². The summed E-state index contributed by atoms with van der Waals surface area (Å²) in [6.07, 6.45) is 3.91. The van der Waals surface area contributed by atoms with Crippen molar-refractivity contribution in [3.63, 3.8) is 0 Å². The molecule has 0 N–H and O–H groups in total. The number of hydrogen-bond acceptors (Lipinski definition) is 8. The van der Waals surface area contributed by atoms with Crippen LogP contribution in [0.4, 0.5) is 4.79 Å². The largest absolute Gasteiger partial charge is 0.465 e. The van der Waals surface area contributed by atoms with Crippen LogP contribution in [0.2, 0.25) is 0 Å². The standard InChI is InChI=1S/C17H23N3O7/c1-5-26-13(21)10-20(11-14(22)27-6-2)9-7-8-12-15(23)18(3)17(25)19(4)16(12)24/h7-9H,5-6,10-11H2,1-4H3/b9-7+. The summed E-state index contributed by atoms with van der Waals surface area (Å²) in [5, 5.41) is 0. The van der Waals surface area contributed by atoms with Gasteiger partial charge < -0.3 is 14.4 Å². The molecule has 0 radical (unpaired) electrons. The van der Waals surface area contributed by atoms with Crippen LogP contribution in [0.5, 0.6) is 0 Å². The molecule has 10 heteroatoms. The van der Waals surface area contributed by atoms with Crippen molar-refractivity contribution in [2.75, 3.05) is 40.4 Å². The van der Waals surface area contributed by atoms with Gasteiger partial charge >= 0.3 is 18.0 Å². The normalized spacial score (nSPS) is 14.7. The van der Waals surface area contributed by atoms with Crippen LogP contribution >= 0.6 is 0 Å². The maximum atomic E-state index is 12.1. The number of urea groups is 1. The second-order valence-corrected chi connectivity index (χ2v) is 5.45. The first-order valence-corrected chi connectivity index (χ1v) is 8.26. The van der Waals surface area contributed by atoms with E-state index in [2.05, 4.69) is 0 Å². The zero-order valence-corrected chi connectivity index (χ0v) is 15.8. The molecule has 27 heavy (non-hydrogen) atoms. The molecule has 0 saturated carbocycles. The molecular weight excluding hydrogens is 358 g/mol. The van der Waals surface area contributed by atoms with Crippen LogP contribution in [0.15, 0.2) is 23.9 Å². The molecule has 1 aliphatic rings. The van der Waals surface area contributed by atoms with Gasteiger partial charge in [-0.05, 0) is 26.0 Å². The first-order chi connectivity index (χ1) is 12.7. The molecule has 0 aliphatic carbocycles. The number of amides is 4. The highest BCUT2D eigenvalue weighted by atomic mass is 16.5. The Hall–Kier alpha value is -3.17. The van der Waals surface area contributed by atoms with Crippen molar-refractivity contribution in [1.82, 2.24) is 14.7 Å². The van der Waals surface area contributed by atoms with Crippen molar-refractivity contribution < 1.29 is 33.4 Å². The number of barbiturate groups is 1. The molecule has 1 rings (SSSR count). The van der Waals surface area contributed by atoms with Gasteiger partial charge in [-0.25, -0.2) is 4.79 Å². The second-order valence-electron chi connectivity index (χ2n) is 5.45. The minimum absolute atomic E-state index is 0.190. The lowest BCUT2D eigenvalue weighted by Gasteiger charge is -2.28. The SMILES string of the molecule is CCOC(=O)CN(/C=C/C=C1C(=O)N(C)C(=O)N(C)C1=O)CC(=O)OCC. The van der Waals surface area contributed by atoms with Crippen LogP contribution in [0.1, 0.15) is 13.8 Å². The third-order valence-corrected chi connectivity index (χ3v) is 3.48. The molecule has 0 bridgehead atoms. The van der Waals surface area contributed by atoms with E-state index in [1.165, 1.54) is 37.3 Å². The van der Waals surface area contributed by atoms with Gasteiger partial charge in [-0.3, -0.25) is 29.0 Å². The first-order valence-electron chi connectivity index (χ1n) is 8.26. The summed E-state index contributed by atoms with van der Waals surface area (Å²) in [5.74, 6) is -2.58. The molecule has 0 unspecified atom stereocenters. The van der Waals surface area contributed by atoms with Crippen LogP contribution in [-0.4, -0.2) is 84.9 Å². The van der Waals surface area contributed by atoms with E-state index in [1.54, 1.807) is 13.8 Å². The fourth-order valence-electron chi connectivity index (χ4n) is 2.16. The zero-order chi connectivity index (χ0) is 20.6. The number of nitrogens with zero attached hydrogens (tertiary/aromatic N) is 3. The monoisotopic (exact) mass is 381 g/mol. The highest BCUT2D eigenvalue weighted by Crippen LogP contribution is 2.14. The number of imide groups is 2. The maximum Gasteiger partial charge on any atom is 0.333 e. The molecule has 1 heterocycles. The Morgan fingerprint density at radius 2 is 1.37 bits per heavy atom. The van der Waals surface area contributed by atoms with Gasteiger partial charge in [0.2, 0.25) is 0 Å². The van der Waals surface area contributed by atoms with Crippen LogP contribution in [-0.2, 0) is 28.7 Å². The first kappa shape index (κ1) is 21.9. The van der Waals surface area contributed by atoms with E-state index < -0.39 is 29.8 Å². The summed E-state index contributed by atoms with van der Waals surface area (Å²) >= 11 is 0. The summed E-state index contributed by atoms with van der Waals surface area (Å²) in [4.78, 5) is 62.1. The molecule has 1 aliphatic heterocycles. The Labute approximate surface area is 157 Å². The van der Waals surface area contributed by atoms with Crippen molar-refractivity contribution in [2.45, 2.75) is 13.8 Å². The van der Waals surface area contributed by atoms with Gasteiger partial charge in [0.1, 0.15) is 18.7 Å². The Morgan fingerprint density at radius 1 is 0.926 bits per heavy atom. The van der Waals surface area contributed by atoms with Crippen LogP contribution in [0.25, 0.3) is 0 Å². The van der Waals surface area contributed by atoms with Gasteiger partial charge in [0, 0.05) is 20.3 Å². The maximum absolute atomic E-state index is 12.1. The Kier molecular flexibility index (Phi) is 8.18. The number of carbonyl (C=O) groups excluding carboxylic acids is 5. The topological polar surface area (TPSA) is 114 Å². The van der Waals surface area contributed by atoms with E-state index >= 15 is 0 Å². The second kappa shape index (κ2) is 10.1. The Balaban J connectivity index is 2.96. The van der Waals surface area contributed by atoms with E-state index in [1.807, 2.05) is 0 Å². The molecule has 0 aromatic heterocycles.